The fourth-order valence-electron chi connectivity index (χ4n) is 2.48. The van der Waals surface area contributed by atoms with E-state index < -0.39 is 17.6 Å². The Morgan fingerprint density at radius 3 is 2.95 bits per heavy atom. The van der Waals surface area contributed by atoms with E-state index in [0.717, 1.165) is 23.9 Å². The summed E-state index contributed by atoms with van der Waals surface area (Å²) in [7, 11) is 0. The van der Waals surface area contributed by atoms with Crippen LogP contribution in [0.25, 0.3) is 0 Å². The van der Waals surface area contributed by atoms with Gasteiger partial charge in [-0.25, -0.2) is 8.78 Å². The first-order valence-corrected chi connectivity index (χ1v) is 5.86. The molecular formula is C13H11F2N3O. The third-order valence-corrected chi connectivity index (χ3v) is 3.32. The average Bonchev–Trinajstić information content (AvgIpc) is 2.73. The van der Waals surface area contributed by atoms with Crippen LogP contribution in [-0.2, 0) is 4.79 Å². The topological polar surface area (TPSA) is 57.8 Å². The molecule has 1 aromatic carbocycles. The van der Waals surface area contributed by atoms with E-state index in [1.165, 1.54) is 0 Å². The third-order valence-electron chi connectivity index (χ3n) is 3.32. The number of rotatable bonds is 1. The van der Waals surface area contributed by atoms with Gasteiger partial charge in [0.2, 0.25) is 5.91 Å². The van der Waals surface area contributed by atoms with Crippen molar-refractivity contribution in [3.63, 3.8) is 0 Å². The summed E-state index contributed by atoms with van der Waals surface area (Å²) in [5.74, 6) is -1.42. The van der Waals surface area contributed by atoms with Crippen molar-refractivity contribution in [1.29, 1.82) is 0 Å². The van der Waals surface area contributed by atoms with Gasteiger partial charge in [-0.15, -0.1) is 0 Å². The lowest BCUT2D eigenvalue weighted by Gasteiger charge is -2.23. The number of amides is 1. The molecule has 6 heteroatoms. The molecule has 1 amide bonds. The highest BCUT2D eigenvalue weighted by Crippen LogP contribution is 2.38. The minimum absolute atomic E-state index is 0.0771. The highest BCUT2D eigenvalue weighted by molar-refractivity contribution is 5.94. The molecule has 4 nitrogen and oxygen atoms in total. The second-order valence-corrected chi connectivity index (χ2v) is 4.58. The SMILES string of the molecule is Cc1[nH]nc2c1C(c1cc(F)ccc1F)CC(=O)N2. The minimum atomic E-state index is -0.523. The largest absolute Gasteiger partial charge is 0.309 e. The Labute approximate surface area is 107 Å². The molecule has 0 spiro atoms. The molecular weight excluding hydrogens is 252 g/mol. The van der Waals surface area contributed by atoms with Crippen molar-refractivity contribution in [2.45, 2.75) is 19.3 Å². The molecule has 1 aliphatic heterocycles. The van der Waals surface area contributed by atoms with Crippen molar-refractivity contribution in [1.82, 2.24) is 10.2 Å². The van der Waals surface area contributed by atoms with Crippen molar-refractivity contribution >= 4 is 11.7 Å². The molecule has 0 fully saturated rings. The summed E-state index contributed by atoms with van der Waals surface area (Å²) >= 11 is 0. The van der Waals surface area contributed by atoms with E-state index in [1.54, 1.807) is 6.92 Å². The van der Waals surface area contributed by atoms with E-state index in [1.807, 2.05) is 0 Å². The first-order valence-electron chi connectivity index (χ1n) is 5.86. The summed E-state index contributed by atoms with van der Waals surface area (Å²) in [6.45, 7) is 1.79. The van der Waals surface area contributed by atoms with Crippen LogP contribution in [0.5, 0.6) is 0 Å². The number of aryl methyl sites for hydroxylation is 1. The van der Waals surface area contributed by atoms with Gasteiger partial charge in [0.25, 0.3) is 0 Å². The van der Waals surface area contributed by atoms with Crippen LogP contribution in [0.15, 0.2) is 18.2 Å². The predicted molar refractivity (Wildman–Crippen MR) is 64.8 cm³/mol. The molecule has 0 saturated heterocycles. The van der Waals surface area contributed by atoms with Gasteiger partial charge in [-0.1, -0.05) is 0 Å². The third kappa shape index (κ3) is 1.89. The van der Waals surface area contributed by atoms with Gasteiger partial charge in [0, 0.05) is 23.6 Å². The zero-order valence-electron chi connectivity index (χ0n) is 10.1. The molecule has 98 valence electrons. The first kappa shape index (κ1) is 11.8. The van der Waals surface area contributed by atoms with Crippen molar-refractivity contribution < 1.29 is 13.6 Å². The van der Waals surface area contributed by atoms with Crippen LogP contribution in [0.1, 0.15) is 29.2 Å². The van der Waals surface area contributed by atoms with Crippen LogP contribution in [-0.4, -0.2) is 16.1 Å². The van der Waals surface area contributed by atoms with E-state index >= 15 is 0 Å². The van der Waals surface area contributed by atoms with E-state index in [2.05, 4.69) is 15.5 Å². The quantitative estimate of drug-likeness (QED) is 0.830. The number of anilines is 1. The summed E-state index contributed by atoms with van der Waals surface area (Å²) < 4.78 is 27.2. The number of carbonyl (C=O) groups excluding carboxylic acids is 1. The zero-order valence-corrected chi connectivity index (χ0v) is 10.1. The maximum absolute atomic E-state index is 13.9. The number of aromatic amines is 1. The molecule has 2 N–H and O–H groups in total. The van der Waals surface area contributed by atoms with Crippen molar-refractivity contribution in [2.24, 2.45) is 0 Å². The first-order chi connectivity index (χ1) is 9.06. The molecule has 0 radical (unpaired) electrons. The molecule has 0 aliphatic carbocycles. The summed E-state index contributed by atoms with van der Waals surface area (Å²) in [5, 5.41) is 9.33. The smallest absolute Gasteiger partial charge is 0.226 e. The standard InChI is InChI=1S/C13H11F2N3O/c1-6-12-9(5-11(19)16-13(12)18-17-6)8-4-7(14)2-3-10(8)15/h2-4,9H,5H2,1H3,(H2,16,17,18,19). The second kappa shape index (κ2) is 4.15. The Balaban J connectivity index is 2.17. The van der Waals surface area contributed by atoms with Crippen LogP contribution >= 0.6 is 0 Å². The molecule has 2 aromatic rings. The van der Waals surface area contributed by atoms with E-state index in [0.29, 0.717) is 11.4 Å². The zero-order chi connectivity index (χ0) is 13.6. The molecule has 0 bridgehead atoms. The molecule has 3 rings (SSSR count). The molecule has 1 atom stereocenters. The number of nitrogens with zero attached hydrogens (tertiary/aromatic N) is 1. The molecule has 1 aliphatic rings. The average molecular weight is 263 g/mol. The molecule has 1 unspecified atom stereocenters. The summed E-state index contributed by atoms with van der Waals surface area (Å²) in [6.07, 6.45) is 0.0771. The van der Waals surface area contributed by atoms with Gasteiger partial charge in [0.15, 0.2) is 5.82 Å². The highest BCUT2D eigenvalue weighted by atomic mass is 19.1. The number of hydrogen-bond acceptors (Lipinski definition) is 2. The Kier molecular flexibility index (Phi) is 2.58. The van der Waals surface area contributed by atoms with Crippen molar-refractivity contribution in [2.75, 3.05) is 5.32 Å². The lowest BCUT2D eigenvalue weighted by atomic mass is 9.85. The number of H-pyrrole nitrogens is 1. The maximum atomic E-state index is 13.9. The van der Waals surface area contributed by atoms with Crippen LogP contribution in [0, 0.1) is 18.6 Å². The van der Waals surface area contributed by atoms with Gasteiger partial charge < -0.3 is 5.32 Å². The number of fused-ring (bicyclic) bond motifs is 1. The molecule has 0 saturated carbocycles. The fourth-order valence-corrected chi connectivity index (χ4v) is 2.48. The normalized spacial score (nSPS) is 18.1. The van der Waals surface area contributed by atoms with Crippen LogP contribution in [0.4, 0.5) is 14.6 Å². The summed E-state index contributed by atoms with van der Waals surface area (Å²) in [6, 6.07) is 3.27. The molecule has 19 heavy (non-hydrogen) atoms. The molecule has 2 heterocycles. The van der Waals surface area contributed by atoms with Gasteiger partial charge in [0.1, 0.15) is 11.6 Å². The van der Waals surface area contributed by atoms with Crippen molar-refractivity contribution in [3.05, 3.63) is 46.7 Å². The monoisotopic (exact) mass is 263 g/mol. The Bertz CT molecular complexity index is 666. The van der Waals surface area contributed by atoms with Gasteiger partial charge in [0.05, 0.1) is 0 Å². The number of benzene rings is 1. The predicted octanol–water partition coefficient (Wildman–Crippen LogP) is 2.47. The summed E-state index contributed by atoms with van der Waals surface area (Å²) in [5.41, 5.74) is 1.63. The Morgan fingerprint density at radius 2 is 2.16 bits per heavy atom. The van der Waals surface area contributed by atoms with Crippen LogP contribution in [0.3, 0.4) is 0 Å². The van der Waals surface area contributed by atoms with Gasteiger partial charge in [-0.3, -0.25) is 9.89 Å². The Morgan fingerprint density at radius 1 is 1.37 bits per heavy atom. The number of hydrogen-bond donors (Lipinski definition) is 2. The maximum Gasteiger partial charge on any atom is 0.226 e. The van der Waals surface area contributed by atoms with Gasteiger partial charge in [-0.2, -0.15) is 5.10 Å². The molecule has 1 aromatic heterocycles. The highest BCUT2D eigenvalue weighted by Gasteiger charge is 2.32. The van der Waals surface area contributed by atoms with E-state index in [-0.39, 0.29) is 17.9 Å². The van der Waals surface area contributed by atoms with Gasteiger partial charge >= 0.3 is 0 Å². The number of carbonyl (C=O) groups is 1. The Hall–Kier alpha value is -2.24. The van der Waals surface area contributed by atoms with Crippen LogP contribution in [0.2, 0.25) is 0 Å². The van der Waals surface area contributed by atoms with E-state index in [4.69, 9.17) is 0 Å². The minimum Gasteiger partial charge on any atom is -0.309 e. The van der Waals surface area contributed by atoms with Gasteiger partial charge in [-0.05, 0) is 30.7 Å². The number of aromatic nitrogens is 2. The van der Waals surface area contributed by atoms with E-state index in [9.17, 15) is 13.6 Å². The van der Waals surface area contributed by atoms with Crippen molar-refractivity contribution in [3.8, 4) is 0 Å². The summed E-state index contributed by atoms with van der Waals surface area (Å²) in [4.78, 5) is 11.6. The second-order valence-electron chi connectivity index (χ2n) is 4.58. The number of nitrogens with one attached hydrogen (secondary N) is 2. The fraction of sp³-hybridized carbons (Fsp3) is 0.231. The van der Waals surface area contributed by atoms with Crippen LogP contribution < -0.4 is 5.32 Å². The number of halogens is 2. The lowest BCUT2D eigenvalue weighted by molar-refractivity contribution is -0.116. The lowest BCUT2D eigenvalue weighted by Crippen LogP contribution is -2.24.